The summed E-state index contributed by atoms with van der Waals surface area (Å²) >= 11 is 5.72. The molecule has 0 aliphatic heterocycles. The first-order valence-electron chi connectivity index (χ1n) is 5.54. The number of aromatic nitrogens is 3. The number of halogens is 1. The van der Waals surface area contributed by atoms with E-state index in [2.05, 4.69) is 28.5 Å². The zero-order valence-corrected chi connectivity index (χ0v) is 10.6. The van der Waals surface area contributed by atoms with E-state index in [0.29, 0.717) is 13.2 Å². The van der Waals surface area contributed by atoms with Crippen molar-refractivity contribution < 1.29 is 9.47 Å². The van der Waals surface area contributed by atoms with E-state index < -0.39 is 0 Å². The first kappa shape index (κ1) is 13.7. The van der Waals surface area contributed by atoms with Gasteiger partial charge in [0.25, 0.3) is 0 Å². The minimum absolute atomic E-state index is 0.0598. The largest absolute Gasteiger partial charge is 0.463 e. The van der Waals surface area contributed by atoms with Gasteiger partial charge in [-0.25, -0.2) is 0 Å². The number of hydrogen-bond donors (Lipinski definition) is 0. The maximum Gasteiger partial charge on any atom is 0.324 e. The van der Waals surface area contributed by atoms with E-state index in [4.69, 9.17) is 21.1 Å². The van der Waals surface area contributed by atoms with Crippen molar-refractivity contribution in [1.82, 2.24) is 15.0 Å². The van der Waals surface area contributed by atoms with Gasteiger partial charge < -0.3 is 9.47 Å². The molecule has 5 nitrogen and oxygen atoms in total. The van der Waals surface area contributed by atoms with E-state index in [1.54, 1.807) is 6.08 Å². The highest BCUT2D eigenvalue weighted by molar-refractivity contribution is 6.28. The molecular formula is C11H16ClN3O2. The topological polar surface area (TPSA) is 57.1 Å². The van der Waals surface area contributed by atoms with Crippen LogP contribution >= 0.6 is 11.6 Å². The van der Waals surface area contributed by atoms with E-state index in [9.17, 15) is 0 Å². The van der Waals surface area contributed by atoms with Crippen LogP contribution in [0.5, 0.6) is 12.0 Å². The third-order valence-electron chi connectivity index (χ3n) is 1.88. The summed E-state index contributed by atoms with van der Waals surface area (Å²) in [7, 11) is 0. The lowest BCUT2D eigenvalue weighted by atomic mass is 10.3. The molecule has 0 unspecified atom stereocenters. The molecule has 0 radical (unpaired) electrons. The van der Waals surface area contributed by atoms with Gasteiger partial charge in [0.2, 0.25) is 5.28 Å². The maximum atomic E-state index is 5.72. The van der Waals surface area contributed by atoms with Gasteiger partial charge >= 0.3 is 12.0 Å². The fraction of sp³-hybridized carbons (Fsp3) is 0.545. The lowest BCUT2D eigenvalue weighted by molar-refractivity contribution is 0.267. The second-order valence-electron chi connectivity index (χ2n) is 3.32. The second-order valence-corrected chi connectivity index (χ2v) is 3.66. The summed E-state index contributed by atoms with van der Waals surface area (Å²) in [6.07, 6.45) is 4.80. The van der Waals surface area contributed by atoms with Crippen LogP contribution in [-0.2, 0) is 0 Å². The zero-order chi connectivity index (χ0) is 12.5. The van der Waals surface area contributed by atoms with Crippen molar-refractivity contribution in [2.75, 3.05) is 13.2 Å². The van der Waals surface area contributed by atoms with Crippen molar-refractivity contribution in [3.05, 3.63) is 17.9 Å². The average Bonchev–Trinajstić information content (AvgIpc) is 2.31. The molecule has 6 heteroatoms. The van der Waals surface area contributed by atoms with Crippen LogP contribution in [0, 0.1) is 0 Å². The summed E-state index contributed by atoms with van der Waals surface area (Å²) in [5.74, 6) is 0. The van der Waals surface area contributed by atoms with Crippen LogP contribution in [0.1, 0.15) is 26.2 Å². The van der Waals surface area contributed by atoms with Gasteiger partial charge in [-0.05, 0) is 18.0 Å². The van der Waals surface area contributed by atoms with Crippen LogP contribution in [-0.4, -0.2) is 28.2 Å². The van der Waals surface area contributed by atoms with Gasteiger partial charge in [0.1, 0.15) is 6.61 Å². The minimum Gasteiger partial charge on any atom is -0.463 e. The van der Waals surface area contributed by atoms with Crippen LogP contribution in [0.25, 0.3) is 0 Å². The molecule has 0 bridgehead atoms. The molecule has 0 atom stereocenters. The Balaban J connectivity index is 2.52. The number of ether oxygens (including phenoxy) is 2. The van der Waals surface area contributed by atoms with Crippen molar-refractivity contribution in [3.63, 3.8) is 0 Å². The first-order chi connectivity index (χ1) is 8.26. The SMILES string of the molecule is C=CCOc1nc(Cl)nc(OCCCCC)n1. The summed E-state index contributed by atoms with van der Waals surface area (Å²) in [5, 5.41) is 0.0598. The molecular weight excluding hydrogens is 242 g/mol. The van der Waals surface area contributed by atoms with Gasteiger partial charge in [-0.15, -0.1) is 4.98 Å². The van der Waals surface area contributed by atoms with Crippen LogP contribution in [0.3, 0.4) is 0 Å². The fourth-order valence-electron chi connectivity index (χ4n) is 1.09. The number of hydrogen-bond acceptors (Lipinski definition) is 5. The van der Waals surface area contributed by atoms with Gasteiger partial charge in [0.15, 0.2) is 0 Å². The summed E-state index contributed by atoms with van der Waals surface area (Å²) in [6, 6.07) is 0.343. The van der Waals surface area contributed by atoms with Crippen molar-refractivity contribution in [2.24, 2.45) is 0 Å². The molecule has 0 fully saturated rings. The molecule has 17 heavy (non-hydrogen) atoms. The number of nitrogens with zero attached hydrogens (tertiary/aromatic N) is 3. The minimum atomic E-state index is 0.0598. The molecule has 0 aromatic carbocycles. The predicted molar refractivity (Wildman–Crippen MR) is 65.5 cm³/mol. The molecule has 0 saturated carbocycles. The lowest BCUT2D eigenvalue weighted by Gasteiger charge is -2.05. The quantitative estimate of drug-likeness (QED) is 0.529. The van der Waals surface area contributed by atoms with Crippen LogP contribution in [0.2, 0.25) is 5.28 Å². The van der Waals surface area contributed by atoms with Crippen LogP contribution in [0.4, 0.5) is 0 Å². The van der Waals surface area contributed by atoms with Crippen molar-refractivity contribution in [3.8, 4) is 12.0 Å². The Morgan fingerprint density at radius 3 is 2.53 bits per heavy atom. The van der Waals surface area contributed by atoms with Gasteiger partial charge in [0, 0.05) is 0 Å². The predicted octanol–water partition coefficient (Wildman–Crippen LogP) is 2.66. The van der Waals surface area contributed by atoms with E-state index in [-0.39, 0.29) is 17.3 Å². The summed E-state index contributed by atoms with van der Waals surface area (Å²) < 4.78 is 10.5. The van der Waals surface area contributed by atoms with Gasteiger partial charge in [-0.1, -0.05) is 32.4 Å². The highest BCUT2D eigenvalue weighted by Gasteiger charge is 2.06. The smallest absolute Gasteiger partial charge is 0.324 e. The molecule has 1 rings (SSSR count). The second kappa shape index (κ2) is 7.84. The van der Waals surface area contributed by atoms with Crippen LogP contribution in [0.15, 0.2) is 12.7 Å². The third kappa shape index (κ3) is 5.49. The van der Waals surface area contributed by atoms with Gasteiger partial charge in [-0.3, -0.25) is 0 Å². The van der Waals surface area contributed by atoms with Crippen LogP contribution < -0.4 is 9.47 Å². The standard InChI is InChI=1S/C11H16ClN3O2/c1-3-5-6-8-17-11-14-9(12)13-10(15-11)16-7-4-2/h4H,2-3,5-8H2,1H3. The monoisotopic (exact) mass is 257 g/mol. The van der Waals surface area contributed by atoms with E-state index >= 15 is 0 Å². The molecule has 0 amide bonds. The van der Waals surface area contributed by atoms with E-state index in [1.165, 1.54) is 0 Å². The summed E-state index contributed by atoms with van der Waals surface area (Å²) in [5.41, 5.74) is 0. The first-order valence-corrected chi connectivity index (χ1v) is 5.92. The third-order valence-corrected chi connectivity index (χ3v) is 2.05. The molecule has 0 saturated heterocycles. The summed E-state index contributed by atoms with van der Waals surface area (Å²) in [4.78, 5) is 11.6. The number of rotatable bonds is 8. The highest BCUT2D eigenvalue weighted by atomic mass is 35.5. The molecule has 0 aliphatic rings. The van der Waals surface area contributed by atoms with Crippen molar-refractivity contribution in [2.45, 2.75) is 26.2 Å². The van der Waals surface area contributed by atoms with Gasteiger partial charge in [-0.2, -0.15) is 9.97 Å². The molecule has 0 aliphatic carbocycles. The van der Waals surface area contributed by atoms with Crippen molar-refractivity contribution in [1.29, 1.82) is 0 Å². The Kier molecular flexibility index (Phi) is 6.32. The molecule has 1 aromatic rings. The summed E-state index contributed by atoms with van der Waals surface area (Å²) in [6.45, 7) is 6.54. The fourth-order valence-corrected chi connectivity index (χ4v) is 1.24. The Hall–Kier alpha value is -1.36. The molecule has 1 heterocycles. The van der Waals surface area contributed by atoms with E-state index in [1.807, 2.05) is 0 Å². The lowest BCUT2D eigenvalue weighted by Crippen LogP contribution is -2.05. The zero-order valence-electron chi connectivity index (χ0n) is 9.86. The Morgan fingerprint density at radius 1 is 1.18 bits per heavy atom. The molecule has 0 spiro atoms. The Bertz CT molecular complexity index is 361. The highest BCUT2D eigenvalue weighted by Crippen LogP contribution is 2.13. The molecule has 1 aromatic heterocycles. The molecule has 94 valence electrons. The van der Waals surface area contributed by atoms with E-state index in [0.717, 1.165) is 19.3 Å². The average molecular weight is 258 g/mol. The normalized spacial score (nSPS) is 10.0. The number of unbranched alkanes of at least 4 members (excludes halogenated alkanes) is 2. The molecule has 0 N–H and O–H groups in total. The Morgan fingerprint density at radius 2 is 1.88 bits per heavy atom. The maximum absolute atomic E-state index is 5.72. The Labute approximate surface area is 106 Å². The van der Waals surface area contributed by atoms with Gasteiger partial charge in [0.05, 0.1) is 6.61 Å². The van der Waals surface area contributed by atoms with Crippen molar-refractivity contribution >= 4 is 11.6 Å².